The molecule has 2 rings (SSSR count). The lowest BCUT2D eigenvalue weighted by atomic mass is 10.2. The van der Waals surface area contributed by atoms with Crippen LogP contribution in [0.3, 0.4) is 0 Å². The van der Waals surface area contributed by atoms with Gasteiger partial charge in [0, 0.05) is 17.5 Å². The zero-order valence-corrected chi connectivity index (χ0v) is 9.16. The van der Waals surface area contributed by atoms with Crippen LogP contribution in [0.2, 0.25) is 0 Å². The second-order valence-corrected chi connectivity index (χ2v) is 3.67. The third-order valence-corrected chi connectivity index (χ3v) is 2.25. The molecule has 0 aliphatic rings. The van der Waals surface area contributed by atoms with E-state index in [-0.39, 0.29) is 11.3 Å². The molecule has 2 aromatic rings. The minimum atomic E-state index is -4.25. The quantitative estimate of drug-likeness (QED) is 0.794. The molecular weight excluding hydrogens is 249 g/mol. The van der Waals surface area contributed by atoms with E-state index in [0.717, 1.165) is 0 Å². The highest BCUT2D eigenvalue weighted by Gasteiger charge is 2.26. The minimum absolute atomic E-state index is 0.237. The van der Waals surface area contributed by atoms with Gasteiger partial charge in [0.25, 0.3) is 0 Å². The standard InChI is InChI=1S/C12H9F3O3/c13-12(14,15)5-6-17-9-3-1-8-2-4-11(16)18-10(8)7-9/h1-4,7H,5-6H2. The van der Waals surface area contributed by atoms with Gasteiger partial charge in [-0.3, -0.25) is 0 Å². The van der Waals surface area contributed by atoms with Gasteiger partial charge in [-0.1, -0.05) is 0 Å². The van der Waals surface area contributed by atoms with Crippen molar-refractivity contribution in [3.63, 3.8) is 0 Å². The van der Waals surface area contributed by atoms with Crippen molar-refractivity contribution in [3.8, 4) is 5.75 Å². The molecule has 0 fully saturated rings. The van der Waals surface area contributed by atoms with E-state index in [2.05, 4.69) is 0 Å². The van der Waals surface area contributed by atoms with E-state index in [0.29, 0.717) is 5.39 Å². The van der Waals surface area contributed by atoms with Crippen molar-refractivity contribution in [2.24, 2.45) is 0 Å². The van der Waals surface area contributed by atoms with Crippen LogP contribution in [0.1, 0.15) is 6.42 Å². The van der Waals surface area contributed by atoms with E-state index >= 15 is 0 Å². The van der Waals surface area contributed by atoms with Crippen molar-refractivity contribution in [3.05, 3.63) is 40.8 Å². The Balaban J connectivity index is 2.12. The van der Waals surface area contributed by atoms with Gasteiger partial charge >= 0.3 is 11.8 Å². The number of ether oxygens (including phenoxy) is 1. The number of rotatable bonds is 3. The van der Waals surface area contributed by atoms with Gasteiger partial charge in [0.05, 0.1) is 13.0 Å². The molecule has 1 aromatic heterocycles. The topological polar surface area (TPSA) is 39.4 Å². The van der Waals surface area contributed by atoms with Crippen molar-refractivity contribution >= 4 is 11.0 Å². The molecule has 0 aliphatic heterocycles. The number of fused-ring (bicyclic) bond motifs is 1. The second kappa shape index (κ2) is 4.72. The van der Waals surface area contributed by atoms with Crippen LogP contribution in [-0.4, -0.2) is 12.8 Å². The first-order valence-corrected chi connectivity index (χ1v) is 5.17. The van der Waals surface area contributed by atoms with Crippen LogP contribution in [0.4, 0.5) is 13.2 Å². The Morgan fingerprint density at radius 1 is 1.17 bits per heavy atom. The van der Waals surface area contributed by atoms with E-state index < -0.39 is 24.8 Å². The molecule has 1 aromatic carbocycles. The summed E-state index contributed by atoms with van der Waals surface area (Å²) in [6, 6.07) is 7.38. The van der Waals surface area contributed by atoms with Gasteiger partial charge in [-0.05, 0) is 18.2 Å². The molecule has 0 spiro atoms. The lowest BCUT2D eigenvalue weighted by molar-refractivity contribution is -0.139. The Labute approximate surface area is 99.8 Å². The zero-order chi connectivity index (χ0) is 13.2. The van der Waals surface area contributed by atoms with Crippen molar-refractivity contribution in [2.45, 2.75) is 12.6 Å². The summed E-state index contributed by atoms with van der Waals surface area (Å²) >= 11 is 0. The molecule has 0 bridgehead atoms. The van der Waals surface area contributed by atoms with Crippen LogP contribution in [0, 0.1) is 0 Å². The summed E-state index contributed by atoms with van der Waals surface area (Å²) in [6.07, 6.45) is -5.27. The third kappa shape index (κ3) is 3.26. The monoisotopic (exact) mass is 258 g/mol. The Morgan fingerprint density at radius 3 is 2.61 bits per heavy atom. The minimum Gasteiger partial charge on any atom is -0.493 e. The molecule has 0 saturated heterocycles. The third-order valence-electron chi connectivity index (χ3n) is 2.25. The van der Waals surface area contributed by atoms with Crippen molar-refractivity contribution in [1.29, 1.82) is 0 Å². The van der Waals surface area contributed by atoms with E-state index in [9.17, 15) is 18.0 Å². The van der Waals surface area contributed by atoms with E-state index in [1.807, 2.05) is 0 Å². The first-order chi connectivity index (χ1) is 8.44. The van der Waals surface area contributed by atoms with Crippen LogP contribution in [0.15, 0.2) is 39.5 Å². The highest BCUT2D eigenvalue weighted by Crippen LogP contribution is 2.22. The van der Waals surface area contributed by atoms with Crippen molar-refractivity contribution < 1.29 is 22.3 Å². The lowest BCUT2D eigenvalue weighted by Gasteiger charge is -2.08. The fourth-order valence-corrected chi connectivity index (χ4v) is 1.42. The molecule has 18 heavy (non-hydrogen) atoms. The molecule has 0 radical (unpaired) electrons. The van der Waals surface area contributed by atoms with Gasteiger partial charge in [-0.15, -0.1) is 0 Å². The van der Waals surface area contributed by atoms with Gasteiger partial charge < -0.3 is 9.15 Å². The number of halogens is 3. The van der Waals surface area contributed by atoms with Crippen molar-refractivity contribution in [1.82, 2.24) is 0 Å². The fraction of sp³-hybridized carbons (Fsp3) is 0.250. The zero-order valence-electron chi connectivity index (χ0n) is 9.16. The van der Waals surface area contributed by atoms with Gasteiger partial charge in [-0.25, -0.2) is 4.79 Å². The molecular formula is C12H9F3O3. The van der Waals surface area contributed by atoms with E-state index in [1.54, 1.807) is 12.1 Å². The molecule has 0 aliphatic carbocycles. The molecule has 0 N–H and O–H groups in total. The summed E-state index contributed by atoms with van der Waals surface area (Å²) in [5.74, 6) is 0.237. The molecule has 3 nitrogen and oxygen atoms in total. The molecule has 0 atom stereocenters. The summed E-state index contributed by atoms with van der Waals surface area (Å²) < 4.78 is 45.6. The van der Waals surface area contributed by atoms with Gasteiger partial charge in [0.2, 0.25) is 0 Å². The summed E-state index contributed by atoms with van der Waals surface area (Å²) in [5.41, 5.74) is -0.234. The number of hydrogen-bond acceptors (Lipinski definition) is 3. The second-order valence-electron chi connectivity index (χ2n) is 3.67. The Bertz CT molecular complexity index is 601. The smallest absolute Gasteiger partial charge is 0.392 e. The summed E-state index contributed by atoms with van der Waals surface area (Å²) in [4.78, 5) is 11.0. The van der Waals surface area contributed by atoms with Crippen LogP contribution in [0.5, 0.6) is 5.75 Å². The number of hydrogen-bond donors (Lipinski definition) is 0. The van der Waals surface area contributed by atoms with Crippen LogP contribution in [0.25, 0.3) is 11.0 Å². The molecule has 0 saturated carbocycles. The molecule has 0 unspecified atom stereocenters. The molecule has 1 heterocycles. The van der Waals surface area contributed by atoms with Crippen LogP contribution < -0.4 is 10.4 Å². The number of benzene rings is 1. The Morgan fingerprint density at radius 2 is 1.89 bits per heavy atom. The normalized spacial score (nSPS) is 11.7. The van der Waals surface area contributed by atoms with Crippen LogP contribution >= 0.6 is 0 Å². The summed E-state index contributed by atoms with van der Waals surface area (Å²) in [6.45, 7) is -0.466. The highest BCUT2D eigenvalue weighted by atomic mass is 19.4. The summed E-state index contributed by atoms with van der Waals surface area (Å²) in [5, 5.41) is 0.678. The highest BCUT2D eigenvalue weighted by molar-refractivity contribution is 5.77. The van der Waals surface area contributed by atoms with Gasteiger partial charge in [0.15, 0.2) is 0 Å². The maximum Gasteiger partial charge on any atom is 0.392 e. The predicted molar refractivity (Wildman–Crippen MR) is 58.7 cm³/mol. The Kier molecular flexibility index (Phi) is 3.27. The first kappa shape index (κ1) is 12.5. The van der Waals surface area contributed by atoms with Crippen molar-refractivity contribution in [2.75, 3.05) is 6.61 Å². The summed E-state index contributed by atoms with van der Waals surface area (Å²) in [7, 11) is 0. The van der Waals surface area contributed by atoms with Gasteiger partial charge in [0.1, 0.15) is 11.3 Å². The molecule has 6 heteroatoms. The SMILES string of the molecule is O=c1ccc2ccc(OCCC(F)(F)F)cc2o1. The average Bonchev–Trinajstić information content (AvgIpc) is 2.26. The Hall–Kier alpha value is -1.98. The molecule has 96 valence electrons. The maximum absolute atomic E-state index is 11.9. The van der Waals surface area contributed by atoms with Crippen LogP contribution in [-0.2, 0) is 0 Å². The molecule has 0 amide bonds. The fourth-order valence-electron chi connectivity index (χ4n) is 1.42. The van der Waals surface area contributed by atoms with E-state index in [4.69, 9.17) is 9.15 Å². The largest absolute Gasteiger partial charge is 0.493 e. The maximum atomic E-state index is 11.9. The average molecular weight is 258 g/mol. The van der Waals surface area contributed by atoms with Gasteiger partial charge in [-0.2, -0.15) is 13.2 Å². The predicted octanol–water partition coefficient (Wildman–Crippen LogP) is 3.12. The number of alkyl halides is 3. The lowest BCUT2D eigenvalue weighted by Crippen LogP contribution is -2.13. The van der Waals surface area contributed by atoms with E-state index in [1.165, 1.54) is 18.2 Å². The first-order valence-electron chi connectivity index (χ1n) is 5.17.